The molecule has 116 valence electrons. The minimum absolute atomic E-state index is 0.0223. The Bertz CT molecular complexity index is 739. The Labute approximate surface area is 132 Å². The molecule has 0 spiro atoms. The molecule has 0 aliphatic heterocycles. The molecule has 0 saturated heterocycles. The van der Waals surface area contributed by atoms with Crippen molar-refractivity contribution in [3.8, 4) is 5.75 Å². The van der Waals surface area contributed by atoms with Crippen LogP contribution in [0.5, 0.6) is 5.75 Å². The molecule has 4 rings (SSSR count). The zero-order valence-corrected chi connectivity index (χ0v) is 13.9. The molecule has 3 atom stereocenters. The highest BCUT2D eigenvalue weighted by atomic mass is 16.3. The normalized spacial score (nSPS) is 31.4. The van der Waals surface area contributed by atoms with Gasteiger partial charge in [0.25, 0.3) is 0 Å². The Morgan fingerprint density at radius 1 is 1.27 bits per heavy atom. The molecular formula is C20H24O2. The number of allylic oxidation sites excluding steroid dienone is 1. The predicted octanol–water partition coefficient (Wildman–Crippen LogP) is 4.62. The third-order valence-corrected chi connectivity index (χ3v) is 6.54. The molecule has 2 nitrogen and oxygen atoms in total. The van der Waals surface area contributed by atoms with Gasteiger partial charge in [-0.1, -0.05) is 27.4 Å². The SMILES string of the molecule is C=C1CC[C@@H]2[C@H](c3c(C)c(O)c4c(c31)C(=O)[C@@H](C)C4)C2(C)C. The first-order chi connectivity index (χ1) is 10.3. The largest absolute Gasteiger partial charge is 0.507 e. The Balaban J connectivity index is 2.07. The van der Waals surface area contributed by atoms with Crippen molar-refractivity contribution in [1.29, 1.82) is 0 Å². The maximum Gasteiger partial charge on any atom is 0.167 e. The summed E-state index contributed by atoms with van der Waals surface area (Å²) in [6.45, 7) is 12.9. The van der Waals surface area contributed by atoms with E-state index in [9.17, 15) is 9.90 Å². The van der Waals surface area contributed by atoms with Gasteiger partial charge in [0.1, 0.15) is 5.75 Å². The summed E-state index contributed by atoms with van der Waals surface area (Å²) in [7, 11) is 0. The first-order valence-electron chi connectivity index (χ1n) is 8.37. The van der Waals surface area contributed by atoms with Crippen LogP contribution in [0, 0.1) is 24.2 Å². The molecule has 2 heteroatoms. The van der Waals surface area contributed by atoms with Crippen LogP contribution in [-0.2, 0) is 6.42 Å². The Morgan fingerprint density at radius 3 is 2.64 bits per heavy atom. The van der Waals surface area contributed by atoms with E-state index in [1.807, 2.05) is 13.8 Å². The van der Waals surface area contributed by atoms with Crippen molar-refractivity contribution in [1.82, 2.24) is 0 Å². The molecule has 1 aromatic rings. The fourth-order valence-corrected chi connectivity index (χ4v) is 5.13. The van der Waals surface area contributed by atoms with Gasteiger partial charge in [0.2, 0.25) is 0 Å². The van der Waals surface area contributed by atoms with Crippen LogP contribution >= 0.6 is 0 Å². The van der Waals surface area contributed by atoms with Gasteiger partial charge in [0.05, 0.1) is 0 Å². The molecule has 3 aliphatic rings. The van der Waals surface area contributed by atoms with Crippen molar-refractivity contribution < 1.29 is 9.90 Å². The van der Waals surface area contributed by atoms with Crippen molar-refractivity contribution in [2.24, 2.45) is 17.3 Å². The van der Waals surface area contributed by atoms with Crippen LogP contribution in [0.25, 0.3) is 5.57 Å². The third kappa shape index (κ3) is 1.48. The molecule has 22 heavy (non-hydrogen) atoms. The molecule has 0 bridgehead atoms. The Kier molecular flexibility index (Phi) is 2.58. The second-order valence-corrected chi connectivity index (χ2v) is 8.13. The summed E-state index contributed by atoms with van der Waals surface area (Å²) in [4.78, 5) is 12.7. The topological polar surface area (TPSA) is 37.3 Å². The lowest BCUT2D eigenvalue weighted by atomic mass is 9.84. The maximum atomic E-state index is 12.7. The van der Waals surface area contributed by atoms with Crippen LogP contribution in [0.3, 0.4) is 0 Å². The van der Waals surface area contributed by atoms with E-state index in [2.05, 4.69) is 20.4 Å². The molecule has 1 saturated carbocycles. The number of hydrogen-bond donors (Lipinski definition) is 1. The van der Waals surface area contributed by atoms with Crippen molar-refractivity contribution in [3.05, 3.63) is 34.4 Å². The van der Waals surface area contributed by atoms with E-state index in [0.29, 0.717) is 24.0 Å². The highest BCUT2D eigenvalue weighted by Crippen LogP contribution is 2.70. The first-order valence-corrected chi connectivity index (χ1v) is 8.37. The molecule has 1 aromatic carbocycles. The van der Waals surface area contributed by atoms with Gasteiger partial charge in [-0.25, -0.2) is 0 Å². The monoisotopic (exact) mass is 296 g/mol. The minimum atomic E-state index is -0.0223. The molecule has 1 fully saturated rings. The van der Waals surface area contributed by atoms with Gasteiger partial charge < -0.3 is 5.11 Å². The van der Waals surface area contributed by atoms with E-state index in [-0.39, 0.29) is 17.1 Å². The zero-order valence-electron chi connectivity index (χ0n) is 13.9. The highest BCUT2D eigenvalue weighted by Gasteiger charge is 2.60. The summed E-state index contributed by atoms with van der Waals surface area (Å²) < 4.78 is 0. The van der Waals surface area contributed by atoms with Gasteiger partial charge >= 0.3 is 0 Å². The molecule has 0 amide bonds. The summed E-state index contributed by atoms with van der Waals surface area (Å²) in [6.07, 6.45) is 2.78. The van der Waals surface area contributed by atoms with E-state index in [1.54, 1.807) is 0 Å². The van der Waals surface area contributed by atoms with Crippen LogP contribution < -0.4 is 0 Å². The average molecular weight is 296 g/mol. The van der Waals surface area contributed by atoms with Crippen LogP contribution in [0.2, 0.25) is 0 Å². The van der Waals surface area contributed by atoms with E-state index in [1.165, 1.54) is 5.56 Å². The van der Waals surface area contributed by atoms with Gasteiger partial charge in [-0.2, -0.15) is 0 Å². The second-order valence-electron chi connectivity index (χ2n) is 8.13. The number of ketones is 1. The number of Topliss-reactive ketones (excluding diaryl/α,β-unsaturated/α-hetero) is 1. The first kappa shape index (κ1) is 14.0. The number of carbonyl (C=O) groups is 1. The zero-order chi connectivity index (χ0) is 16.0. The number of aromatic hydroxyl groups is 1. The lowest BCUT2D eigenvalue weighted by Gasteiger charge is -2.21. The molecule has 0 heterocycles. The summed E-state index contributed by atoms with van der Waals surface area (Å²) in [5, 5.41) is 10.7. The Morgan fingerprint density at radius 2 is 1.95 bits per heavy atom. The smallest absolute Gasteiger partial charge is 0.167 e. The number of fused-ring (bicyclic) bond motifs is 5. The fourth-order valence-electron chi connectivity index (χ4n) is 5.13. The van der Waals surface area contributed by atoms with E-state index in [0.717, 1.165) is 40.7 Å². The fraction of sp³-hybridized carbons (Fsp3) is 0.550. The predicted molar refractivity (Wildman–Crippen MR) is 88.3 cm³/mol. The number of phenols is 1. The molecule has 0 radical (unpaired) electrons. The second kappa shape index (κ2) is 4.04. The minimum Gasteiger partial charge on any atom is -0.507 e. The third-order valence-electron chi connectivity index (χ3n) is 6.54. The van der Waals surface area contributed by atoms with Crippen molar-refractivity contribution >= 4 is 11.4 Å². The highest BCUT2D eigenvalue weighted by molar-refractivity contribution is 6.07. The van der Waals surface area contributed by atoms with E-state index in [4.69, 9.17) is 0 Å². The van der Waals surface area contributed by atoms with Crippen LogP contribution in [0.1, 0.15) is 72.1 Å². The summed E-state index contributed by atoms with van der Waals surface area (Å²) in [6, 6.07) is 0. The van der Waals surface area contributed by atoms with Crippen LogP contribution in [0.4, 0.5) is 0 Å². The lowest BCUT2D eigenvalue weighted by Crippen LogP contribution is -2.09. The number of rotatable bonds is 0. The quantitative estimate of drug-likeness (QED) is 0.758. The molecule has 3 aliphatic carbocycles. The molecule has 0 unspecified atom stereocenters. The molecule has 1 N–H and O–H groups in total. The summed E-state index contributed by atoms with van der Waals surface area (Å²) >= 11 is 0. The summed E-state index contributed by atoms with van der Waals surface area (Å²) in [5.41, 5.74) is 6.33. The standard InChI is InChI=1S/C20H24O2/c1-9-6-7-13-17(20(13,4)5)15-11(3)19(22)12-8-10(2)18(21)16(12)14(9)15/h10,13,17,22H,1,6-8H2,2-5H3/t10-,13+,17+/m0/s1. The van der Waals surface area contributed by atoms with Crippen molar-refractivity contribution in [3.63, 3.8) is 0 Å². The van der Waals surface area contributed by atoms with Crippen molar-refractivity contribution in [2.45, 2.75) is 52.9 Å². The summed E-state index contributed by atoms with van der Waals surface area (Å²) in [5.74, 6) is 1.64. The number of carbonyl (C=O) groups excluding carboxylic acids is 1. The van der Waals surface area contributed by atoms with Gasteiger partial charge in [-0.3, -0.25) is 4.79 Å². The van der Waals surface area contributed by atoms with E-state index < -0.39 is 0 Å². The number of hydrogen-bond acceptors (Lipinski definition) is 2. The molecular weight excluding hydrogens is 272 g/mol. The van der Waals surface area contributed by atoms with Gasteiger partial charge in [0.15, 0.2) is 5.78 Å². The van der Waals surface area contributed by atoms with Gasteiger partial charge in [-0.15, -0.1) is 0 Å². The van der Waals surface area contributed by atoms with Crippen LogP contribution in [-0.4, -0.2) is 10.9 Å². The van der Waals surface area contributed by atoms with Gasteiger partial charge in [-0.05, 0) is 65.7 Å². The van der Waals surface area contributed by atoms with Gasteiger partial charge in [0, 0.05) is 17.0 Å². The average Bonchev–Trinajstić information content (AvgIpc) is 2.93. The number of benzene rings is 1. The molecule has 0 aromatic heterocycles. The Hall–Kier alpha value is -1.57. The maximum absolute atomic E-state index is 12.7. The van der Waals surface area contributed by atoms with Crippen molar-refractivity contribution in [2.75, 3.05) is 0 Å². The van der Waals surface area contributed by atoms with Crippen LogP contribution in [0.15, 0.2) is 6.58 Å². The van der Waals surface area contributed by atoms with E-state index >= 15 is 0 Å². The number of phenolic OH excluding ortho intramolecular Hbond substituents is 1. The lowest BCUT2D eigenvalue weighted by molar-refractivity contribution is 0.0946.